The van der Waals surface area contributed by atoms with E-state index in [0.29, 0.717) is 19.5 Å². The minimum absolute atomic E-state index is 0.00289. The van der Waals surface area contributed by atoms with Crippen LogP contribution in [0.4, 0.5) is 16.2 Å². The van der Waals surface area contributed by atoms with Gasteiger partial charge in [-0.05, 0) is 48.1 Å². The van der Waals surface area contributed by atoms with Gasteiger partial charge in [-0.25, -0.2) is 4.79 Å². The Hall–Kier alpha value is -2.47. The molecule has 1 aliphatic heterocycles. The molecule has 0 saturated carbocycles. The topological polar surface area (TPSA) is 61.4 Å². The van der Waals surface area contributed by atoms with Crippen LogP contribution < -0.4 is 10.6 Å². The van der Waals surface area contributed by atoms with Gasteiger partial charge in [0.15, 0.2) is 0 Å². The largest absolute Gasteiger partial charge is 0.326 e. The molecule has 0 radical (unpaired) electrons. The van der Waals surface area contributed by atoms with Crippen LogP contribution in [0.25, 0.3) is 0 Å². The zero-order chi connectivity index (χ0) is 18.4. The fourth-order valence-corrected chi connectivity index (χ4v) is 3.32. The van der Waals surface area contributed by atoms with Crippen molar-refractivity contribution in [1.29, 1.82) is 0 Å². The number of hydrogen-bond donors (Lipinski definition) is 2. The number of thioether (sulfide) groups is 1. The summed E-state index contributed by atoms with van der Waals surface area (Å²) in [4.78, 5) is 26.1. The van der Waals surface area contributed by atoms with Crippen LogP contribution in [-0.2, 0) is 17.8 Å². The van der Waals surface area contributed by atoms with Crippen molar-refractivity contribution in [3.63, 3.8) is 0 Å². The Labute approximate surface area is 158 Å². The SMILES string of the molecule is CSCCC(=O)Nc1ccc(NC(=O)N2CCc3ccccc3C2)cc1. The highest BCUT2D eigenvalue weighted by Gasteiger charge is 2.20. The van der Waals surface area contributed by atoms with Gasteiger partial charge in [-0.3, -0.25) is 4.79 Å². The molecule has 3 amide bonds. The van der Waals surface area contributed by atoms with E-state index in [1.807, 2.05) is 23.3 Å². The van der Waals surface area contributed by atoms with Gasteiger partial charge in [-0.15, -0.1) is 0 Å². The molecule has 0 aliphatic carbocycles. The smallest absolute Gasteiger partial charge is 0.322 e. The first-order valence-electron chi connectivity index (χ1n) is 8.67. The lowest BCUT2D eigenvalue weighted by atomic mass is 10.0. The number of benzene rings is 2. The highest BCUT2D eigenvalue weighted by molar-refractivity contribution is 7.98. The van der Waals surface area contributed by atoms with Crippen LogP contribution in [0.3, 0.4) is 0 Å². The average Bonchev–Trinajstić information content (AvgIpc) is 2.67. The monoisotopic (exact) mass is 369 g/mol. The van der Waals surface area contributed by atoms with Gasteiger partial charge in [0.25, 0.3) is 0 Å². The molecule has 0 unspecified atom stereocenters. The molecule has 0 atom stereocenters. The fraction of sp³-hybridized carbons (Fsp3) is 0.300. The minimum atomic E-state index is -0.101. The average molecular weight is 369 g/mol. The van der Waals surface area contributed by atoms with Crippen LogP contribution in [0.1, 0.15) is 17.5 Å². The Kier molecular flexibility index (Phi) is 6.17. The van der Waals surface area contributed by atoms with Gasteiger partial charge in [-0.1, -0.05) is 24.3 Å². The molecule has 136 valence electrons. The van der Waals surface area contributed by atoms with Crippen molar-refractivity contribution in [2.75, 3.05) is 29.2 Å². The minimum Gasteiger partial charge on any atom is -0.326 e. The number of hydrogen-bond acceptors (Lipinski definition) is 3. The third-order valence-electron chi connectivity index (χ3n) is 4.37. The quantitative estimate of drug-likeness (QED) is 0.838. The van der Waals surface area contributed by atoms with Crippen LogP contribution in [0.2, 0.25) is 0 Å². The molecule has 5 nitrogen and oxygen atoms in total. The van der Waals surface area contributed by atoms with Gasteiger partial charge in [0.1, 0.15) is 0 Å². The number of carbonyl (C=O) groups excluding carboxylic acids is 2. The Bertz CT molecular complexity index is 777. The molecule has 1 aliphatic rings. The standard InChI is InChI=1S/C20H23N3O2S/c1-26-13-11-19(24)21-17-6-8-18(9-7-17)22-20(25)23-12-10-15-4-2-3-5-16(15)14-23/h2-9H,10-14H2,1H3,(H,21,24)(H,22,25). The van der Waals surface area contributed by atoms with E-state index in [-0.39, 0.29) is 11.9 Å². The van der Waals surface area contributed by atoms with Crippen molar-refractivity contribution in [2.45, 2.75) is 19.4 Å². The second kappa shape index (κ2) is 8.76. The number of rotatable bonds is 5. The van der Waals surface area contributed by atoms with Crippen molar-refractivity contribution in [2.24, 2.45) is 0 Å². The number of nitrogens with one attached hydrogen (secondary N) is 2. The van der Waals surface area contributed by atoms with E-state index < -0.39 is 0 Å². The van der Waals surface area contributed by atoms with Crippen LogP contribution in [0, 0.1) is 0 Å². The fourth-order valence-electron chi connectivity index (χ4n) is 2.93. The molecule has 26 heavy (non-hydrogen) atoms. The summed E-state index contributed by atoms with van der Waals surface area (Å²) in [6.45, 7) is 1.35. The maximum Gasteiger partial charge on any atom is 0.322 e. The van der Waals surface area contributed by atoms with Crippen LogP contribution >= 0.6 is 11.8 Å². The van der Waals surface area contributed by atoms with Crippen LogP contribution in [0.5, 0.6) is 0 Å². The summed E-state index contributed by atoms with van der Waals surface area (Å²) in [6, 6.07) is 15.4. The number of anilines is 2. The number of carbonyl (C=O) groups is 2. The predicted octanol–water partition coefficient (Wildman–Crippen LogP) is 3.97. The van der Waals surface area contributed by atoms with Crippen molar-refractivity contribution in [3.05, 3.63) is 59.7 Å². The summed E-state index contributed by atoms with van der Waals surface area (Å²) in [7, 11) is 0. The lowest BCUT2D eigenvalue weighted by Crippen LogP contribution is -2.38. The predicted molar refractivity (Wildman–Crippen MR) is 108 cm³/mol. The van der Waals surface area contributed by atoms with Gasteiger partial charge in [0.2, 0.25) is 5.91 Å². The zero-order valence-corrected chi connectivity index (χ0v) is 15.6. The molecular weight excluding hydrogens is 346 g/mol. The summed E-state index contributed by atoms with van der Waals surface area (Å²) in [6.07, 6.45) is 3.35. The third kappa shape index (κ3) is 4.79. The van der Waals surface area contributed by atoms with Crippen LogP contribution in [0.15, 0.2) is 48.5 Å². The van der Waals surface area contributed by atoms with E-state index in [2.05, 4.69) is 22.8 Å². The van der Waals surface area contributed by atoms with Gasteiger partial charge in [0, 0.05) is 36.6 Å². The Morgan fingerprint density at radius 3 is 2.35 bits per heavy atom. The number of nitrogens with zero attached hydrogens (tertiary/aromatic N) is 1. The van der Waals surface area contributed by atoms with Crippen molar-refractivity contribution in [3.8, 4) is 0 Å². The number of amides is 3. The highest BCUT2D eigenvalue weighted by atomic mass is 32.2. The maximum absolute atomic E-state index is 12.5. The number of fused-ring (bicyclic) bond motifs is 1. The first kappa shape index (κ1) is 18.3. The van der Waals surface area contributed by atoms with Crippen molar-refractivity contribution in [1.82, 2.24) is 4.90 Å². The summed E-state index contributed by atoms with van der Waals surface area (Å²) < 4.78 is 0. The first-order valence-corrected chi connectivity index (χ1v) is 10.1. The Balaban J connectivity index is 1.54. The summed E-state index contributed by atoms with van der Waals surface area (Å²) in [5.74, 6) is 0.807. The molecule has 0 spiro atoms. The molecule has 3 rings (SSSR count). The van der Waals surface area contributed by atoms with E-state index in [4.69, 9.17) is 0 Å². The molecule has 0 aromatic heterocycles. The normalized spacial score (nSPS) is 13.0. The Morgan fingerprint density at radius 2 is 1.65 bits per heavy atom. The van der Waals surface area contributed by atoms with E-state index in [9.17, 15) is 9.59 Å². The molecular formula is C20H23N3O2S. The lowest BCUT2D eigenvalue weighted by molar-refractivity contribution is -0.115. The molecule has 0 fully saturated rings. The highest BCUT2D eigenvalue weighted by Crippen LogP contribution is 2.20. The third-order valence-corrected chi connectivity index (χ3v) is 4.98. The molecule has 2 N–H and O–H groups in total. The molecule has 2 aromatic rings. The van der Waals surface area contributed by atoms with Gasteiger partial charge < -0.3 is 15.5 Å². The van der Waals surface area contributed by atoms with Crippen molar-refractivity contribution >= 4 is 35.1 Å². The van der Waals surface area contributed by atoms with E-state index in [0.717, 1.165) is 23.5 Å². The summed E-state index contributed by atoms with van der Waals surface area (Å²) in [5, 5.41) is 5.78. The number of urea groups is 1. The van der Waals surface area contributed by atoms with E-state index in [1.165, 1.54) is 11.1 Å². The summed E-state index contributed by atoms with van der Waals surface area (Å²) >= 11 is 1.65. The Morgan fingerprint density at radius 1 is 1.00 bits per heavy atom. The van der Waals surface area contributed by atoms with E-state index in [1.54, 1.807) is 36.0 Å². The molecule has 1 heterocycles. The first-order chi connectivity index (χ1) is 12.7. The maximum atomic E-state index is 12.5. The molecule has 0 saturated heterocycles. The second-order valence-electron chi connectivity index (χ2n) is 6.24. The zero-order valence-electron chi connectivity index (χ0n) is 14.8. The van der Waals surface area contributed by atoms with E-state index >= 15 is 0 Å². The van der Waals surface area contributed by atoms with Crippen molar-refractivity contribution < 1.29 is 9.59 Å². The van der Waals surface area contributed by atoms with Gasteiger partial charge in [0.05, 0.1) is 0 Å². The second-order valence-corrected chi connectivity index (χ2v) is 7.22. The molecule has 0 bridgehead atoms. The summed E-state index contributed by atoms with van der Waals surface area (Å²) in [5.41, 5.74) is 3.98. The van der Waals surface area contributed by atoms with Gasteiger partial charge in [-0.2, -0.15) is 11.8 Å². The lowest BCUT2D eigenvalue weighted by Gasteiger charge is -2.29. The molecule has 6 heteroatoms. The van der Waals surface area contributed by atoms with Gasteiger partial charge >= 0.3 is 6.03 Å². The molecule has 2 aromatic carbocycles. The van der Waals surface area contributed by atoms with Crippen LogP contribution in [-0.4, -0.2) is 35.4 Å².